The molecule has 2 atom stereocenters. The van der Waals surface area contributed by atoms with Crippen LogP contribution in [0, 0.1) is 57.2 Å². The van der Waals surface area contributed by atoms with Gasteiger partial charge in [0.2, 0.25) is 0 Å². The van der Waals surface area contributed by atoms with Gasteiger partial charge in [-0.15, -0.1) is 0 Å². The number of allylic oxidation sites excluding steroid dienone is 4. The zero-order valence-corrected chi connectivity index (χ0v) is 10.4. The van der Waals surface area contributed by atoms with Crippen molar-refractivity contribution in [3.8, 4) is 24.3 Å². The van der Waals surface area contributed by atoms with Crippen LogP contribution < -0.4 is 0 Å². The summed E-state index contributed by atoms with van der Waals surface area (Å²) >= 11 is 0. The lowest BCUT2D eigenvalue weighted by molar-refractivity contribution is 0.435. The molecule has 0 N–H and O–H groups in total. The van der Waals surface area contributed by atoms with Gasteiger partial charge in [-0.05, 0) is 35.8 Å². The van der Waals surface area contributed by atoms with Crippen molar-refractivity contribution < 1.29 is 0 Å². The second-order valence-electron chi connectivity index (χ2n) is 4.33. The van der Waals surface area contributed by atoms with Gasteiger partial charge in [-0.1, -0.05) is 13.8 Å². The zero-order valence-electron chi connectivity index (χ0n) is 10.4. The third-order valence-corrected chi connectivity index (χ3v) is 3.60. The highest BCUT2D eigenvalue weighted by atomic mass is 14.4. The number of hydrogen-bond acceptors (Lipinski definition) is 4. The van der Waals surface area contributed by atoms with Crippen LogP contribution in [0.3, 0.4) is 0 Å². The van der Waals surface area contributed by atoms with Crippen LogP contribution in [0.2, 0.25) is 0 Å². The summed E-state index contributed by atoms with van der Waals surface area (Å²) in [7, 11) is 0. The lowest BCUT2D eigenvalue weighted by Crippen LogP contribution is -2.21. The average Bonchev–Trinajstić information content (AvgIpc) is 2.39. The first kappa shape index (κ1) is 13.5. The minimum absolute atomic E-state index is 0.0137. The molecular weight excluding hydrogens is 224 g/mol. The van der Waals surface area contributed by atoms with Crippen molar-refractivity contribution in [2.24, 2.45) is 11.8 Å². The quantitative estimate of drug-likeness (QED) is 0.604. The highest BCUT2D eigenvalue weighted by Crippen LogP contribution is 2.40. The van der Waals surface area contributed by atoms with Gasteiger partial charge in [0.15, 0.2) is 0 Å². The van der Waals surface area contributed by atoms with Crippen molar-refractivity contribution >= 4 is 0 Å². The Bertz CT molecular complexity index is 495. The van der Waals surface area contributed by atoms with Gasteiger partial charge in [0.25, 0.3) is 0 Å². The van der Waals surface area contributed by atoms with Gasteiger partial charge in [-0.3, -0.25) is 0 Å². The second-order valence-corrected chi connectivity index (χ2v) is 4.33. The molecule has 1 aliphatic carbocycles. The number of rotatable bonds is 0. The molecule has 0 aromatic carbocycles. The Balaban J connectivity index is 3.25. The molecule has 1 fully saturated rings. The predicted molar refractivity (Wildman–Crippen MR) is 64.1 cm³/mol. The lowest BCUT2D eigenvalue weighted by atomic mass is 9.72. The van der Waals surface area contributed by atoms with E-state index in [4.69, 9.17) is 21.0 Å². The molecule has 0 saturated heterocycles. The van der Waals surface area contributed by atoms with Crippen molar-refractivity contribution in [2.75, 3.05) is 0 Å². The Kier molecular flexibility index (Phi) is 4.26. The highest BCUT2D eigenvalue weighted by molar-refractivity contribution is 5.47. The maximum Gasteiger partial charge on any atom is 0.129 e. The van der Waals surface area contributed by atoms with Gasteiger partial charge in [0.1, 0.15) is 35.4 Å². The van der Waals surface area contributed by atoms with Crippen LogP contribution in [0.1, 0.15) is 26.7 Å². The van der Waals surface area contributed by atoms with Crippen molar-refractivity contribution in [3.63, 3.8) is 0 Å². The maximum atomic E-state index is 8.90. The maximum absolute atomic E-state index is 8.90. The fourth-order valence-corrected chi connectivity index (χ4v) is 2.37. The molecule has 4 heteroatoms. The van der Waals surface area contributed by atoms with E-state index in [2.05, 4.69) is 0 Å². The SMILES string of the molecule is CC1C(=C(C#N)C#N)CCC(=C(C#N)C#N)C1C. The van der Waals surface area contributed by atoms with Crippen molar-refractivity contribution in [2.45, 2.75) is 26.7 Å². The van der Waals surface area contributed by atoms with E-state index in [1.807, 2.05) is 38.1 Å². The van der Waals surface area contributed by atoms with E-state index in [1.165, 1.54) is 0 Å². The third-order valence-electron chi connectivity index (χ3n) is 3.60. The van der Waals surface area contributed by atoms with E-state index in [9.17, 15) is 0 Å². The smallest absolute Gasteiger partial charge is 0.129 e. The van der Waals surface area contributed by atoms with Crippen LogP contribution in [0.5, 0.6) is 0 Å². The van der Waals surface area contributed by atoms with Gasteiger partial charge in [0.05, 0.1) is 0 Å². The molecule has 0 aliphatic heterocycles. The Morgan fingerprint density at radius 3 is 1.28 bits per heavy atom. The normalized spacial score (nSPS) is 22.1. The second kappa shape index (κ2) is 5.67. The molecule has 1 rings (SSSR count). The van der Waals surface area contributed by atoms with Gasteiger partial charge < -0.3 is 0 Å². The number of nitriles is 4. The van der Waals surface area contributed by atoms with E-state index in [0.717, 1.165) is 11.1 Å². The summed E-state index contributed by atoms with van der Waals surface area (Å²) in [6.45, 7) is 3.86. The molecule has 0 aromatic rings. The summed E-state index contributed by atoms with van der Waals surface area (Å²) in [5.41, 5.74) is 2.02. The lowest BCUT2D eigenvalue weighted by Gasteiger charge is -2.31. The fourth-order valence-electron chi connectivity index (χ4n) is 2.37. The first-order chi connectivity index (χ1) is 8.60. The van der Waals surface area contributed by atoms with Crippen LogP contribution in [-0.4, -0.2) is 0 Å². The fraction of sp³-hybridized carbons (Fsp3) is 0.429. The summed E-state index contributed by atoms with van der Waals surface area (Å²) in [6.07, 6.45) is 1.15. The van der Waals surface area contributed by atoms with Crippen LogP contribution >= 0.6 is 0 Å². The molecule has 0 radical (unpaired) electrons. The van der Waals surface area contributed by atoms with Crippen LogP contribution in [0.15, 0.2) is 22.3 Å². The monoisotopic (exact) mass is 236 g/mol. The summed E-state index contributed by atoms with van der Waals surface area (Å²) in [4.78, 5) is 0. The number of nitrogens with zero attached hydrogens (tertiary/aromatic N) is 4. The topological polar surface area (TPSA) is 95.2 Å². The van der Waals surface area contributed by atoms with E-state index >= 15 is 0 Å². The minimum atomic E-state index is 0.0137. The summed E-state index contributed by atoms with van der Waals surface area (Å²) < 4.78 is 0. The summed E-state index contributed by atoms with van der Waals surface area (Å²) in [5.74, 6) is 0.0273. The molecular formula is C14H12N4. The first-order valence-corrected chi connectivity index (χ1v) is 5.67. The van der Waals surface area contributed by atoms with Crippen molar-refractivity contribution in [3.05, 3.63) is 22.3 Å². The summed E-state index contributed by atoms with van der Waals surface area (Å²) in [6, 6.07) is 7.67. The summed E-state index contributed by atoms with van der Waals surface area (Å²) in [5, 5.41) is 35.6. The van der Waals surface area contributed by atoms with E-state index in [1.54, 1.807) is 0 Å². The third kappa shape index (κ3) is 2.24. The molecule has 0 amide bonds. The van der Waals surface area contributed by atoms with Crippen LogP contribution in [0.25, 0.3) is 0 Å². The number of hydrogen-bond donors (Lipinski definition) is 0. The molecule has 0 aromatic heterocycles. The van der Waals surface area contributed by atoms with Crippen molar-refractivity contribution in [1.29, 1.82) is 21.0 Å². The van der Waals surface area contributed by atoms with E-state index < -0.39 is 0 Å². The van der Waals surface area contributed by atoms with Crippen LogP contribution in [-0.2, 0) is 0 Å². The molecule has 1 aliphatic rings. The molecule has 0 spiro atoms. The Labute approximate surface area is 107 Å². The molecule has 0 bridgehead atoms. The van der Waals surface area contributed by atoms with Crippen molar-refractivity contribution in [1.82, 2.24) is 0 Å². The average molecular weight is 236 g/mol. The van der Waals surface area contributed by atoms with E-state index in [0.29, 0.717) is 12.8 Å². The Morgan fingerprint density at radius 1 is 0.778 bits per heavy atom. The molecule has 1 saturated carbocycles. The largest absolute Gasteiger partial charge is 0.192 e. The van der Waals surface area contributed by atoms with E-state index in [-0.39, 0.29) is 23.0 Å². The Hall–Kier alpha value is -2.56. The standard InChI is InChI=1S/C14H12N4/c1-9-10(2)14(12(7-17)8-18)4-3-13(9)11(5-15)6-16/h9-10H,3-4H2,1-2H3. The van der Waals surface area contributed by atoms with Gasteiger partial charge >= 0.3 is 0 Å². The predicted octanol–water partition coefficient (Wildman–Crippen LogP) is 2.74. The molecule has 4 nitrogen and oxygen atoms in total. The molecule has 2 unspecified atom stereocenters. The first-order valence-electron chi connectivity index (χ1n) is 5.67. The highest BCUT2D eigenvalue weighted by Gasteiger charge is 2.30. The zero-order chi connectivity index (χ0) is 13.7. The van der Waals surface area contributed by atoms with Gasteiger partial charge in [-0.25, -0.2) is 0 Å². The molecule has 18 heavy (non-hydrogen) atoms. The molecule has 0 heterocycles. The molecule has 88 valence electrons. The minimum Gasteiger partial charge on any atom is -0.192 e. The Morgan fingerprint density at radius 2 is 1.06 bits per heavy atom. The van der Waals surface area contributed by atoms with Crippen LogP contribution in [0.4, 0.5) is 0 Å². The van der Waals surface area contributed by atoms with Gasteiger partial charge in [-0.2, -0.15) is 21.0 Å². The van der Waals surface area contributed by atoms with Gasteiger partial charge in [0, 0.05) is 0 Å².